The number of aromatic nitrogens is 1. The molecule has 0 aliphatic rings. The fraction of sp³-hybridized carbons (Fsp3) is 0.120. The number of ether oxygens (including phenoxy) is 3. The van der Waals surface area contributed by atoms with Crippen molar-refractivity contribution in [2.24, 2.45) is 0 Å². The van der Waals surface area contributed by atoms with Crippen LogP contribution >= 0.6 is 0 Å². The van der Waals surface area contributed by atoms with Crippen LogP contribution in [0.5, 0.6) is 17.2 Å². The second kappa shape index (κ2) is 9.35. The van der Waals surface area contributed by atoms with Crippen LogP contribution < -0.4 is 24.8 Å². The van der Waals surface area contributed by atoms with E-state index in [-0.39, 0.29) is 5.56 Å². The van der Waals surface area contributed by atoms with Gasteiger partial charge in [0.2, 0.25) is 5.75 Å². The van der Waals surface area contributed by atoms with Gasteiger partial charge in [0.05, 0.1) is 21.3 Å². The molecule has 3 N–H and O–H groups in total. The van der Waals surface area contributed by atoms with Gasteiger partial charge in [-0.1, -0.05) is 30.3 Å². The van der Waals surface area contributed by atoms with E-state index in [9.17, 15) is 9.59 Å². The lowest BCUT2D eigenvalue weighted by molar-refractivity contribution is 0.0966. The Morgan fingerprint density at radius 2 is 1.55 bits per heavy atom. The average Bonchev–Trinajstić information content (AvgIpc) is 3.27. The zero-order valence-corrected chi connectivity index (χ0v) is 18.4. The van der Waals surface area contributed by atoms with Crippen molar-refractivity contribution in [3.63, 3.8) is 0 Å². The number of rotatable bonds is 6. The summed E-state index contributed by atoms with van der Waals surface area (Å²) in [4.78, 5) is 28.5. The van der Waals surface area contributed by atoms with E-state index >= 15 is 0 Å². The second-order valence-electron chi connectivity index (χ2n) is 7.17. The molecule has 0 saturated carbocycles. The summed E-state index contributed by atoms with van der Waals surface area (Å²) in [6.45, 7) is 0. The summed E-state index contributed by atoms with van der Waals surface area (Å²) in [7, 11) is 4.37. The number of hydrogen-bond acceptors (Lipinski definition) is 5. The van der Waals surface area contributed by atoms with Crippen LogP contribution in [0.3, 0.4) is 0 Å². The van der Waals surface area contributed by atoms with Gasteiger partial charge in [0, 0.05) is 33.4 Å². The molecule has 0 unspecified atom stereocenters. The summed E-state index contributed by atoms with van der Waals surface area (Å²) in [6.07, 6.45) is 0. The van der Waals surface area contributed by atoms with Crippen LogP contribution in [0.2, 0.25) is 0 Å². The van der Waals surface area contributed by atoms with Gasteiger partial charge < -0.3 is 24.5 Å². The molecule has 1 heterocycles. The summed E-state index contributed by atoms with van der Waals surface area (Å²) in [5.41, 5.74) is 3.58. The van der Waals surface area contributed by atoms with E-state index in [0.717, 1.165) is 22.2 Å². The normalized spacial score (nSPS) is 10.5. The van der Waals surface area contributed by atoms with Gasteiger partial charge in [-0.25, -0.2) is 4.79 Å². The molecule has 3 amide bonds. The summed E-state index contributed by atoms with van der Waals surface area (Å²) in [5, 5.41) is 6.11. The van der Waals surface area contributed by atoms with E-state index in [2.05, 4.69) is 15.6 Å². The largest absolute Gasteiger partial charge is 0.493 e. The maximum absolute atomic E-state index is 12.6. The zero-order chi connectivity index (χ0) is 23.4. The number of carbonyl (C=O) groups excluding carboxylic acids is 2. The Hall–Kier alpha value is -4.46. The number of H-pyrrole nitrogens is 1. The monoisotopic (exact) mass is 445 g/mol. The number of benzene rings is 3. The van der Waals surface area contributed by atoms with Crippen LogP contribution in [0.1, 0.15) is 10.4 Å². The van der Waals surface area contributed by atoms with Crippen molar-refractivity contribution in [3.8, 4) is 28.5 Å². The van der Waals surface area contributed by atoms with Crippen molar-refractivity contribution < 1.29 is 23.8 Å². The molecule has 0 saturated heterocycles. The van der Waals surface area contributed by atoms with Gasteiger partial charge in [0.15, 0.2) is 11.5 Å². The topological polar surface area (TPSA) is 102 Å². The van der Waals surface area contributed by atoms with Crippen molar-refractivity contribution in [1.29, 1.82) is 0 Å². The summed E-state index contributed by atoms with van der Waals surface area (Å²) in [6, 6.07) is 19.6. The van der Waals surface area contributed by atoms with Crippen molar-refractivity contribution in [3.05, 3.63) is 72.3 Å². The van der Waals surface area contributed by atoms with E-state index in [4.69, 9.17) is 14.2 Å². The first-order chi connectivity index (χ1) is 16.0. The van der Waals surface area contributed by atoms with E-state index < -0.39 is 11.9 Å². The third kappa shape index (κ3) is 4.59. The molecular formula is C25H23N3O5. The number of amides is 3. The van der Waals surface area contributed by atoms with E-state index in [1.54, 1.807) is 6.07 Å². The number of hydrogen-bond donors (Lipinski definition) is 3. The van der Waals surface area contributed by atoms with Gasteiger partial charge >= 0.3 is 6.03 Å². The molecule has 4 rings (SSSR count). The number of nitrogens with one attached hydrogen (secondary N) is 3. The van der Waals surface area contributed by atoms with Crippen molar-refractivity contribution in [1.82, 2.24) is 10.3 Å². The molecule has 3 aromatic carbocycles. The first-order valence-corrected chi connectivity index (χ1v) is 10.1. The van der Waals surface area contributed by atoms with Gasteiger partial charge in [-0.15, -0.1) is 0 Å². The predicted octanol–water partition coefficient (Wildman–Crippen LogP) is 4.82. The third-order valence-electron chi connectivity index (χ3n) is 5.12. The molecule has 4 aromatic rings. The number of aromatic amines is 1. The first-order valence-electron chi connectivity index (χ1n) is 10.1. The molecule has 168 valence electrons. The average molecular weight is 445 g/mol. The summed E-state index contributed by atoms with van der Waals surface area (Å²) in [5.74, 6) is 0.371. The fourth-order valence-electron chi connectivity index (χ4n) is 3.54. The number of para-hydroxylation sites is 1. The highest BCUT2D eigenvalue weighted by Crippen LogP contribution is 2.38. The minimum atomic E-state index is -0.664. The number of carbonyl (C=O) groups is 2. The molecule has 0 radical (unpaired) electrons. The van der Waals surface area contributed by atoms with Crippen molar-refractivity contribution in [2.75, 3.05) is 26.6 Å². The van der Waals surface area contributed by atoms with Crippen LogP contribution in [-0.4, -0.2) is 38.3 Å². The van der Waals surface area contributed by atoms with Crippen LogP contribution in [0.15, 0.2) is 66.7 Å². The second-order valence-corrected chi connectivity index (χ2v) is 7.17. The number of anilines is 1. The van der Waals surface area contributed by atoms with Crippen LogP contribution in [-0.2, 0) is 0 Å². The maximum Gasteiger partial charge on any atom is 0.326 e. The lowest BCUT2D eigenvalue weighted by Gasteiger charge is -2.14. The highest BCUT2D eigenvalue weighted by atomic mass is 16.5. The van der Waals surface area contributed by atoms with Crippen LogP contribution in [0, 0.1) is 0 Å². The Kier molecular flexibility index (Phi) is 6.17. The third-order valence-corrected chi connectivity index (χ3v) is 5.12. The summed E-state index contributed by atoms with van der Waals surface area (Å²) >= 11 is 0. The molecule has 0 fully saturated rings. The number of methoxy groups -OCH3 is 3. The van der Waals surface area contributed by atoms with Crippen molar-refractivity contribution >= 4 is 28.5 Å². The van der Waals surface area contributed by atoms with Gasteiger partial charge in [-0.3, -0.25) is 10.1 Å². The Morgan fingerprint density at radius 1 is 0.818 bits per heavy atom. The van der Waals surface area contributed by atoms with Gasteiger partial charge in [-0.05, 0) is 36.4 Å². The van der Waals surface area contributed by atoms with E-state index in [1.807, 2.05) is 48.5 Å². The quantitative estimate of drug-likeness (QED) is 0.395. The number of imide groups is 1. The van der Waals surface area contributed by atoms with Gasteiger partial charge in [0.1, 0.15) is 0 Å². The molecular weight excluding hydrogens is 422 g/mol. The zero-order valence-electron chi connectivity index (χ0n) is 18.4. The number of fused-ring (bicyclic) bond motifs is 1. The first kappa shape index (κ1) is 21.8. The van der Waals surface area contributed by atoms with Crippen LogP contribution in [0.4, 0.5) is 10.5 Å². The maximum atomic E-state index is 12.6. The molecule has 33 heavy (non-hydrogen) atoms. The lowest BCUT2D eigenvalue weighted by atomic mass is 10.1. The standard InChI is InChI=1S/C25H23N3O5/c1-31-21-13-17(14-22(32-2)23(21)33-3)24(29)28-25(30)26-18-9-6-8-15(11-18)20-12-16-7-4-5-10-19(16)27-20/h4-14,27H,1-3H3,(H2,26,28,29,30). The Labute approximate surface area is 190 Å². The Bertz CT molecular complexity index is 1270. The molecule has 1 aromatic heterocycles. The molecule has 0 aliphatic heterocycles. The van der Waals surface area contributed by atoms with Gasteiger partial charge in [0.25, 0.3) is 5.91 Å². The Morgan fingerprint density at radius 3 is 2.21 bits per heavy atom. The smallest absolute Gasteiger partial charge is 0.326 e. The van der Waals surface area contributed by atoms with E-state index in [0.29, 0.717) is 22.9 Å². The minimum absolute atomic E-state index is 0.187. The SMILES string of the molecule is COc1cc(C(=O)NC(=O)Nc2cccc(-c3cc4ccccc4[nH]3)c2)cc(OC)c1OC. The van der Waals surface area contributed by atoms with Crippen LogP contribution in [0.25, 0.3) is 22.2 Å². The summed E-state index contributed by atoms with van der Waals surface area (Å²) < 4.78 is 15.8. The minimum Gasteiger partial charge on any atom is -0.493 e. The molecule has 8 nitrogen and oxygen atoms in total. The Balaban J connectivity index is 1.49. The van der Waals surface area contributed by atoms with E-state index in [1.165, 1.54) is 33.5 Å². The molecule has 0 atom stereocenters. The fourth-order valence-corrected chi connectivity index (χ4v) is 3.54. The molecule has 0 aliphatic carbocycles. The molecule has 0 bridgehead atoms. The number of urea groups is 1. The molecule has 0 spiro atoms. The predicted molar refractivity (Wildman–Crippen MR) is 126 cm³/mol. The lowest BCUT2D eigenvalue weighted by Crippen LogP contribution is -2.34. The molecule has 8 heteroatoms. The highest BCUT2D eigenvalue weighted by molar-refractivity contribution is 6.08. The van der Waals surface area contributed by atoms with Gasteiger partial charge in [-0.2, -0.15) is 0 Å². The van der Waals surface area contributed by atoms with Crippen molar-refractivity contribution in [2.45, 2.75) is 0 Å². The highest BCUT2D eigenvalue weighted by Gasteiger charge is 2.18.